The Kier molecular flexibility index (Phi) is 2.27. The lowest BCUT2D eigenvalue weighted by Crippen LogP contribution is -2.28. The molecule has 2 atom stereocenters. The van der Waals surface area contributed by atoms with Crippen LogP contribution in [-0.4, -0.2) is 9.55 Å². The van der Waals surface area contributed by atoms with Crippen molar-refractivity contribution in [1.29, 1.82) is 0 Å². The highest BCUT2D eigenvalue weighted by molar-refractivity contribution is 5.66. The molecule has 3 aliphatic carbocycles. The zero-order valence-electron chi connectivity index (χ0n) is 12.0. The first-order valence-electron chi connectivity index (χ1n) is 8.04. The van der Waals surface area contributed by atoms with E-state index < -0.39 is 0 Å². The van der Waals surface area contributed by atoms with E-state index in [-0.39, 0.29) is 5.69 Å². The fourth-order valence-electron chi connectivity index (χ4n) is 4.38. The molecule has 106 valence electrons. The molecule has 3 aliphatic rings. The highest BCUT2D eigenvalue weighted by Crippen LogP contribution is 2.56. The Morgan fingerprint density at radius 3 is 2.52 bits per heavy atom. The molecule has 2 fully saturated rings. The Labute approximate surface area is 123 Å². The first-order valence-corrected chi connectivity index (χ1v) is 8.04. The lowest BCUT2D eigenvalue weighted by Gasteiger charge is -2.22. The molecular weight excluding hydrogens is 260 g/mol. The summed E-state index contributed by atoms with van der Waals surface area (Å²) in [5.41, 5.74) is 4.76. The van der Waals surface area contributed by atoms with Crippen LogP contribution in [0.1, 0.15) is 61.2 Å². The van der Waals surface area contributed by atoms with Gasteiger partial charge in [-0.05, 0) is 38.0 Å². The van der Waals surface area contributed by atoms with E-state index in [0.717, 1.165) is 24.1 Å². The summed E-state index contributed by atoms with van der Waals surface area (Å²) in [5, 5.41) is 0. The summed E-state index contributed by atoms with van der Waals surface area (Å²) < 4.78 is 2.05. The van der Waals surface area contributed by atoms with Crippen molar-refractivity contribution in [3.8, 4) is 11.3 Å². The van der Waals surface area contributed by atoms with Crippen molar-refractivity contribution in [2.24, 2.45) is 0 Å². The molecule has 0 radical (unpaired) electrons. The van der Waals surface area contributed by atoms with Crippen LogP contribution in [0.4, 0.5) is 0 Å². The molecule has 1 aromatic carbocycles. The number of aromatic nitrogens is 2. The van der Waals surface area contributed by atoms with Crippen molar-refractivity contribution in [1.82, 2.24) is 9.55 Å². The second-order valence-corrected chi connectivity index (χ2v) is 6.72. The lowest BCUT2D eigenvalue weighted by atomic mass is 9.91. The maximum atomic E-state index is 12.6. The Morgan fingerprint density at radius 1 is 1.00 bits per heavy atom. The number of rotatable bonds is 2. The average Bonchev–Trinajstić information content (AvgIpc) is 3.14. The molecule has 3 heteroatoms. The zero-order chi connectivity index (χ0) is 14.0. The maximum absolute atomic E-state index is 12.6. The maximum Gasteiger partial charge on any atom is 0.348 e. The summed E-state index contributed by atoms with van der Waals surface area (Å²) in [4.78, 5) is 17.1. The van der Waals surface area contributed by atoms with Gasteiger partial charge in [-0.1, -0.05) is 30.3 Å². The minimum Gasteiger partial charge on any atom is -0.293 e. The van der Waals surface area contributed by atoms with Gasteiger partial charge in [0.15, 0.2) is 0 Å². The normalized spacial score (nSPS) is 26.1. The average molecular weight is 278 g/mol. The number of benzene rings is 1. The fourth-order valence-corrected chi connectivity index (χ4v) is 4.38. The zero-order valence-corrected chi connectivity index (χ0v) is 12.0. The van der Waals surface area contributed by atoms with Crippen LogP contribution in [0.15, 0.2) is 35.1 Å². The molecule has 1 aromatic heterocycles. The van der Waals surface area contributed by atoms with Crippen LogP contribution in [0.3, 0.4) is 0 Å². The van der Waals surface area contributed by atoms with Gasteiger partial charge in [-0.3, -0.25) is 4.57 Å². The van der Waals surface area contributed by atoms with Crippen LogP contribution in [0.5, 0.6) is 0 Å². The quantitative estimate of drug-likeness (QED) is 0.841. The molecule has 1 heterocycles. The van der Waals surface area contributed by atoms with E-state index in [2.05, 4.69) is 17.1 Å². The van der Waals surface area contributed by atoms with Crippen LogP contribution >= 0.6 is 0 Å². The Hall–Kier alpha value is -1.90. The van der Waals surface area contributed by atoms with Crippen molar-refractivity contribution in [2.45, 2.75) is 50.0 Å². The summed E-state index contributed by atoms with van der Waals surface area (Å²) in [7, 11) is 0. The van der Waals surface area contributed by atoms with Crippen molar-refractivity contribution >= 4 is 0 Å². The number of hydrogen-bond donors (Lipinski definition) is 0. The van der Waals surface area contributed by atoms with Crippen LogP contribution in [-0.2, 0) is 0 Å². The molecule has 2 aromatic rings. The summed E-state index contributed by atoms with van der Waals surface area (Å²) >= 11 is 0. The van der Waals surface area contributed by atoms with Gasteiger partial charge in [0.1, 0.15) is 0 Å². The van der Waals surface area contributed by atoms with Crippen LogP contribution in [0.2, 0.25) is 0 Å². The molecule has 2 bridgehead atoms. The first kappa shape index (κ1) is 11.7. The second-order valence-electron chi connectivity index (χ2n) is 6.72. The standard InChI is InChI=1S/C18H18N2O/c21-18-19-16(11-4-2-1-3-5-11)15-12-6-7-13(10-12)17(15)20(18)14-8-9-14/h1-5,12-14H,6-10H2. The van der Waals surface area contributed by atoms with Gasteiger partial charge in [-0.15, -0.1) is 0 Å². The topological polar surface area (TPSA) is 34.9 Å². The molecule has 0 amide bonds. The predicted octanol–water partition coefficient (Wildman–Crippen LogP) is 3.61. The van der Waals surface area contributed by atoms with Gasteiger partial charge in [-0.2, -0.15) is 4.98 Å². The fraction of sp³-hybridized carbons (Fsp3) is 0.444. The molecular formula is C18H18N2O. The molecule has 3 nitrogen and oxygen atoms in total. The summed E-state index contributed by atoms with van der Waals surface area (Å²) in [6, 6.07) is 10.7. The van der Waals surface area contributed by atoms with E-state index in [4.69, 9.17) is 0 Å². The monoisotopic (exact) mass is 278 g/mol. The minimum absolute atomic E-state index is 0.0253. The largest absolute Gasteiger partial charge is 0.348 e. The van der Waals surface area contributed by atoms with E-state index in [1.54, 1.807) is 0 Å². The van der Waals surface area contributed by atoms with Crippen molar-refractivity contribution in [3.05, 3.63) is 52.1 Å². The van der Waals surface area contributed by atoms with Gasteiger partial charge in [0.2, 0.25) is 0 Å². The Bertz CT molecular complexity index is 774. The molecule has 2 saturated carbocycles. The van der Waals surface area contributed by atoms with Gasteiger partial charge < -0.3 is 0 Å². The highest BCUT2D eigenvalue weighted by atomic mass is 16.1. The number of nitrogens with zero attached hydrogens (tertiary/aromatic N) is 2. The number of hydrogen-bond acceptors (Lipinski definition) is 2. The van der Waals surface area contributed by atoms with E-state index in [1.807, 2.05) is 22.8 Å². The van der Waals surface area contributed by atoms with Gasteiger partial charge in [-0.25, -0.2) is 4.79 Å². The smallest absolute Gasteiger partial charge is 0.293 e. The first-order chi connectivity index (χ1) is 10.3. The van der Waals surface area contributed by atoms with E-state index >= 15 is 0 Å². The van der Waals surface area contributed by atoms with E-state index in [1.165, 1.54) is 30.5 Å². The summed E-state index contributed by atoms with van der Waals surface area (Å²) in [5.74, 6) is 1.22. The van der Waals surface area contributed by atoms with E-state index in [9.17, 15) is 4.79 Å². The molecule has 21 heavy (non-hydrogen) atoms. The van der Waals surface area contributed by atoms with E-state index in [0.29, 0.717) is 17.9 Å². The van der Waals surface area contributed by atoms with Crippen LogP contribution in [0.25, 0.3) is 11.3 Å². The Morgan fingerprint density at radius 2 is 1.76 bits per heavy atom. The summed E-state index contributed by atoms with van der Waals surface area (Å²) in [6.07, 6.45) is 6.04. The highest BCUT2D eigenvalue weighted by Gasteiger charge is 2.44. The molecule has 0 spiro atoms. The third-order valence-corrected chi connectivity index (χ3v) is 5.39. The van der Waals surface area contributed by atoms with Gasteiger partial charge in [0, 0.05) is 28.8 Å². The third kappa shape index (κ3) is 1.60. The number of fused-ring (bicyclic) bond motifs is 5. The van der Waals surface area contributed by atoms with Crippen molar-refractivity contribution in [3.63, 3.8) is 0 Å². The molecule has 0 saturated heterocycles. The van der Waals surface area contributed by atoms with Crippen LogP contribution < -0.4 is 5.69 Å². The van der Waals surface area contributed by atoms with Gasteiger partial charge >= 0.3 is 5.69 Å². The second kappa shape index (κ2) is 4.06. The van der Waals surface area contributed by atoms with Crippen LogP contribution in [0, 0.1) is 0 Å². The van der Waals surface area contributed by atoms with Gasteiger partial charge in [0.25, 0.3) is 0 Å². The minimum atomic E-state index is -0.0253. The third-order valence-electron chi connectivity index (χ3n) is 5.39. The van der Waals surface area contributed by atoms with Gasteiger partial charge in [0.05, 0.1) is 5.69 Å². The lowest BCUT2D eigenvalue weighted by molar-refractivity contribution is 0.576. The molecule has 0 aliphatic heterocycles. The molecule has 2 unspecified atom stereocenters. The summed E-state index contributed by atoms with van der Waals surface area (Å²) in [6.45, 7) is 0. The molecule has 5 rings (SSSR count). The molecule has 0 N–H and O–H groups in total. The Balaban J connectivity index is 1.82. The predicted molar refractivity (Wildman–Crippen MR) is 81.5 cm³/mol. The SMILES string of the molecule is O=c1nc(-c2ccccc2)c2c(n1C1CC1)C1CCC2C1. The van der Waals surface area contributed by atoms with Crippen molar-refractivity contribution in [2.75, 3.05) is 0 Å². The van der Waals surface area contributed by atoms with Crippen molar-refractivity contribution < 1.29 is 0 Å².